The second-order valence-corrected chi connectivity index (χ2v) is 11.7. The van der Waals surface area contributed by atoms with Crippen LogP contribution >= 0.6 is 0 Å². The van der Waals surface area contributed by atoms with Crippen LogP contribution in [0.5, 0.6) is 0 Å². The van der Waals surface area contributed by atoms with Crippen molar-refractivity contribution < 1.29 is 0 Å². The van der Waals surface area contributed by atoms with Gasteiger partial charge in [-0.3, -0.25) is 0 Å². The normalized spacial score (nSPS) is 11.6. The highest BCUT2D eigenvalue weighted by atomic mass is 14.1. The fraction of sp³-hybridized carbons (Fsp3) is 0. The number of benzene rings is 10. The van der Waals surface area contributed by atoms with Gasteiger partial charge in [-0.25, -0.2) is 0 Å². The maximum Gasteiger partial charge on any atom is -0.00926 e. The van der Waals surface area contributed by atoms with Gasteiger partial charge in [0.05, 0.1) is 0 Å². The molecule has 10 rings (SSSR count). The summed E-state index contributed by atoms with van der Waals surface area (Å²) in [7, 11) is 0. The van der Waals surface area contributed by atoms with Crippen LogP contribution in [0, 0.1) is 0 Å². The highest BCUT2D eigenvalue weighted by Gasteiger charge is 2.10. The summed E-state index contributed by atoms with van der Waals surface area (Å²) in [5.41, 5.74) is 0. The molecule has 0 saturated carbocycles. The highest BCUT2D eigenvalue weighted by Crippen LogP contribution is 2.38. The SMILES string of the molecule is c1ccc2cc3c4ccccc4c4ccccc4c3cc2c1.c1ccc2cc3c4ccccc4c4ccccc4c3cc2c1. The van der Waals surface area contributed by atoms with Crippen molar-refractivity contribution in [2.45, 2.75) is 0 Å². The molecule has 10 aromatic carbocycles. The molecule has 0 nitrogen and oxygen atoms in total. The zero-order valence-corrected chi connectivity index (χ0v) is 24.2. The minimum absolute atomic E-state index is 1.30. The first kappa shape index (κ1) is 24.8. The molecule has 0 unspecified atom stereocenters. The molecule has 0 heterocycles. The van der Waals surface area contributed by atoms with Crippen molar-refractivity contribution in [1.82, 2.24) is 0 Å². The van der Waals surface area contributed by atoms with Gasteiger partial charge in [0, 0.05) is 0 Å². The molecule has 0 N–H and O–H groups in total. The van der Waals surface area contributed by atoms with Gasteiger partial charge in [-0.15, -0.1) is 0 Å². The quantitative estimate of drug-likeness (QED) is 0.129. The van der Waals surface area contributed by atoms with Gasteiger partial charge in [0.2, 0.25) is 0 Å². The van der Waals surface area contributed by atoms with Gasteiger partial charge in [-0.2, -0.15) is 0 Å². The minimum atomic E-state index is 1.30. The van der Waals surface area contributed by atoms with E-state index in [-0.39, 0.29) is 0 Å². The Balaban J connectivity index is 0.000000123. The van der Waals surface area contributed by atoms with Crippen LogP contribution in [0.4, 0.5) is 0 Å². The van der Waals surface area contributed by atoms with Crippen LogP contribution in [0.3, 0.4) is 0 Å². The van der Waals surface area contributed by atoms with Crippen molar-refractivity contribution in [3.8, 4) is 0 Å². The van der Waals surface area contributed by atoms with Gasteiger partial charge < -0.3 is 0 Å². The Labute approximate surface area is 255 Å². The van der Waals surface area contributed by atoms with E-state index >= 15 is 0 Å². The summed E-state index contributed by atoms with van der Waals surface area (Å²) in [6.45, 7) is 0. The molecule has 0 amide bonds. The maximum absolute atomic E-state index is 2.33. The van der Waals surface area contributed by atoms with E-state index in [4.69, 9.17) is 0 Å². The summed E-state index contributed by atoms with van der Waals surface area (Å²) in [6, 6.07) is 61.4. The average molecular weight is 557 g/mol. The Morgan fingerprint density at radius 3 is 0.523 bits per heavy atom. The van der Waals surface area contributed by atoms with E-state index in [0.29, 0.717) is 0 Å². The van der Waals surface area contributed by atoms with E-state index in [1.165, 1.54) is 86.2 Å². The smallest absolute Gasteiger partial charge is 0.00926 e. The van der Waals surface area contributed by atoms with E-state index in [1.807, 2.05) is 0 Å². The molecule has 0 aliphatic carbocycles. The first-order valence-corrected chi connectivity index (χ1v) is 15.3. The molecule has 0 saturated heterocycles. The maximum atomic E-state index is 2.33. The van der Waals surface area contributed by atoms with E-state index in [0.717, 1.165) is 0 Å². The van der Waals surface area contributed by atoms with Crippen LogP contribution in [-0.4, -0.2) is 0 Å². The van der Waals surface area contributed by atoms with Crippen LogP contribution < -0.4 is 0 Å². The van der Waals surface area contributed by atoms with Crippen LogP contribution in [-0.2, 0) is 0 Å². The number of hydrogen-bond donors (Lipinski definition) is 0. The third-order valence-electron chi connectivity index (χ3n) is 9.22. The number of fused-ring (bicyclic) bond motifs is 14. The Kier molecular flexibility index (Phi) is 5.61. The lowest BCUT2D eigenvalue weighted by atomic mass is 9.92. The summed E-state index contributed by atoms with van der Waals surface area (Å²) in [5.74, 6) is 0. The molecule has 0 atom stereocenters. The molecule has 204 valence electrons. The molecule has 0 aromatic heterocycles. The van der Waals surface area contributed by atoms with E-state index in [2.05, 4.69) is 170 Å². The molecule has 0 fully saturated rings. The van der Waals surface area contributed by atoms with Crippen molar-refractivity contribution in [2.24, 2.45) is 0 Å². The number of hydrogen-bond acceptors (Lipinski definition) is 0. The number of rotatable bonds is 0. The van der Waals surface area contributed by atoms with Gasteiger partial charge in [0.1, 0.15) is 0 Å². The van der Waals surface area contributed by atoms with Gasteiger partial charge in [-0.05, 0) is 110 Å². The fourth-order valence-corrected chi connectivity index (χ4v) is 7.18. The molecule has 0 aliphatic heterocycles. The first-order chi connectivity index (χ1) is 21.8. The van der Waals surface area contributed by atoms with Crippen molar-refractivity contribution in [3.05, 3.63) is 170 Å². The average Bonchev–Trinajstić information content (AvgIpc) is 3.11. The molecular formula is C44H28. The fourth-order valence-electron chi connectivity index (χ4n) is 7.18. The van der Waals surface area contributed by atoms with Gasteiger partial charge in [-0.1, -0.05) is 146 Å². The largest absolute Gasteiger partial charge is 0.0616 e. The minimum Gasteiger partial charge on any atom is -0.0616 e. The molecule has 0 heteroatoms. The predicted octanol–water partition coefficient (Wildman–Crippen LogP) is 12.6. The van der Waals surface area contributed by atoms with E-state index in [9.17, 15) is 0 Å². The van der Waals surface area contributed by atoms with Gasteiger partial charge in [0.15, 0.2) is 0 Å². The van der Waals surface area contributed by atoms with Gasteiger partial charge in [0.25, 0.3) is 0 Å². The van der Waals surface area contributed by atoms with Crippen LogP contribution in [0.25, 0.3) is 86.2 Å². The lowest BCUT2D eigenvalue weighted by molar-refractivity contribution is 1.78. The van der Waals surface area contributed by atoms with Crippen molar-refractivity contribution in [2.75, 3.05) is 0 Å². The Morgan fingerprint density at radius 2 is 0.318 bits per heavy atom. The van der Waals surface area contributed by atoms with Crippen molar-refractivity contribution >= 4 is 86.2 Å². The summed E-state index contributed by atoms with van der Waals surface area (Å²) >= 11 is 0. The summed E-state index contributed by atoms with van der Waals surface area (Å²) in [6.07, 6.45) is 0. The summed E-state index contributed by atoms with van der Waals surface area (Å²) < 4.78 is 0. The molecule has 0 spiro atoms. The Morgan fingerprint density at radius 1 is 0.159 bits per heavy atom. The Bertz CT molecular complexity index is 2340. The first-order valence-electron chi connectivity index (χ1n) is 15.3. The zero-order chi connectivity index (χ0) is 29.0. The molecular weight excluding hydrogens is 528 g/mol. The van der Waals surface area contributed by atoms with Crippen molar-refractivity contribution in [3.63, 3.8) is 0 Å². The molecule has 0 aliphatic rings. The van der Waals surface area contributed by atoms with Crippen LogP contribution in [0.15, 0.2) is 170 Å². The summed E-state index contributed by atoms with van der Waals surface area (Å²) in [4.78, 5) is 0. The summed E-state index contributed by atoms with van der Waals surface area (Å²) in [5, 5.41) is 21.2. The third-order valence-corrected chi connectivity index (χ3v) is 9.22. The monoisotopic (exact) mass is 556 g/mol. The third kappa shape index (κ3) is 3.85. The highest BCUT2D eigenvalue weighted by molar-refractivity contribution is 6.28. The topological polar surface area (TPSA) is 0 Å². The predicted molar refractivity (Wildman–Crippen MR) is 193 cm³/mol. The van der Waals surface area contributed by atoms with E-state index in [1.54, 1.807) is 0 Å². The second kappa shape index (κ2) is 9.93. The molecule has 0 radical (unpaired) electrons. The molecule has 0 bridgehead atoms. The standard InChI is InChI=1S/2C22H14/c2*1-2-8-16-14-22-20-12-6-4-10-18(20)17-9-3-5-11-19(17)21(22)13-15(16)7-1/h2*1-14H. The molecule has 10 aromatic rings. The molecule has 44 heavy (non-hydrogen) atoms. The lowest BCUT2D eigenvalue weighted by Gasteiger charge is -2.11. The van der Waals surface area contributed by atoms with Crippen molar-refractivity contribution in [1.29, 1.82) is 0 Å². The zero-order valence-electron chi connectivity index (χ0n) is 24.2. The van der Waals surface area contributed by atoms with Gasteiger partial charge >= 0.3 is 0 Å². The lowest BCUT2D eigenvalue weighted by Crippen LogP contribution is -1.83. The van der Waals surface area contributed by atoms with Crippen LogP contribution in [0.2, 0.25) is 0 Å². The Hall–Kier alpha value is -5.72. The van der Waals surface area contributed by atoms with E-state index < -0.39 is 0 Å². The van der Waals surface area contributed by atoms with Crippen LogP contribution in [0.1, 0.15) is 0 Å². The second-order valence-electron chi connectivity index (χ2n) is 11.7.